The quantitative estimate of drug-likeness (QED) is 0.863. The molecular weight excluding hydrogens is 328 g/mol. The molecule has 1 unspecified atom stereocenters. The van der Waals surface area contributed by atoms with Crippen LogP contribution in [0.15, 0.2) is 27.1 Å². The van der Waals surface area contributed by atoms with Crippen LogP contribution in [-0.2, 0) is 9.53 Å². The minimum absolute atomic E-state index is 0.0371. The van der Waals surface area contributed by atoms with Gasteiger partial charge in [-0.2, -0.15) is 0 Å². The Morgan fingerprint density at radius 2 is 2.13 bits per heavy atom. The Bertz CT molecular complexity index is 366. The van der Waals surface area contributed by atoms with Crippen molar-refractivity contribution in [3.8, 4) is 0 Å². The summed E-state index contributed by atoms with van der Waals surface area (Å²) >= 11 is 6.65. The van der Waals surface area contributed by atoms with Crippen molar-refractivity contribution in [3.63, 3.8) is 0 Å². The van der Waals surface area contributed by atoms with Crippen LogP contribution in [0.2, 0.25) is 0 Å². The largest absolute Gasteiger partial charge is 0.469 e. The Hall–Kier alpha value is -0.390. The molecule has 1 rings (SSSR count). The van der Waals surface area contributed by atoms with E-state index in [2.05, 4.69) is 36.6 Å². The van der Waals surface area contributed by atoms with E-state index in [4.69, 9.17) is 0 Å². The van der Waals surface area contributed by atoms with Crippen molar-refractivity contribution < 1.29 is 14.6 Å². The van der Waals surface area contributed by atoms with Gasteiger partial charge in [-0.25, -0.2) is 0 Å². The molecule has 0 saturated carbocycles. The first-order valence-corrected chi connectivity index (χ1v) is 5.83. The number of carbonyl (C=O) groups excluding carboxylic acids is 1. The van der Waals surface area contributed by atoms with Gasteiger partial charge < -0.3 is 9.84 Å². The third kappa shape index (κ3) is 3.59. The van der Waals surface area contributed by atoms with Crippen molar-refractivity contribution in [3.05, 3.63) is 32.7 Å². The number of esters is 1. The summed E-state index contributed by atoms with van der Waals surface area (Å²) in [6.45, 7) is 0. The number of hydrogen-bond donors (Lipinski definition) is 1. The zero-order chi connectivity index (χ0) is 11.4. The van der Waals surface area contributed by atoms with E-state index in [-0.39, 0.29) is 6.42 Å². The van der Waals surface area contributed by atoms with Gasteiger partial charge in [-0.15, -0.1) is 0 Å². The van der Waals surface area contributed by atoms with Gasteiger partial charge in [0, 0.05) is 8.95 Å². The highest BCUT2D eigenvalue weighted by Gasteiger charge is 2.13. The smallest absolute Gasteiger partial charge is 0.308 e. The van der Waals surface area contributed by atoms with E-state index in [0.717, 1.165) is 8.95 Å². The highest BCUT2D eigenvalue weighted by atomic mass is 79.9. The summed E-state index contributed by atoms with van der Waals surface area (Å²) in [6, 6.07) is 5.32. The second-order valence-corrected chi connectivity index (χ2v) is 4.68. The fraction of sp³-hybridized carbons (Fsp3) is 0.300. The zero-order valence-electron chi connectivity index (χ0n) is 8.04. The Balaban J connectivity index is 2.78. The maximum Gasteiger partial charge on any atom is 0.308 e. The summed E-state index contributed by atoms with van der Waals surface area (Å²) in [5.41, 5.74) is 0.676. The van der Waals surface area contributed by atoms with E-state index in [1.807, 2.05) is 0 Å². The van der Waals surface area contributed by atoms with Crippen molar-refractivity contribution in [2.24, 2.45) is 0 Å². The van der Waals surface area contributed by atoms with E-state index >= 15 is 0 Å². The average molecular weight is 338 g/mol. The van der Waals surface area contributed by atoms with Crippen LogP contribution in [0.25, 0.3) is 0 Å². The number of carbonyl (C=O) groups is 1. The summed E-state index contributed by atoms with van der Waals surface area (Å²) in [7, 11) is 1.30. The Kier molecular flexibility index (Phi) is 4.76. The molecule has 0 bridgehead atoms. The molecule has 0 spiro atoms. The fourth-order valence-corrected chi connectivity index (χ4v) is 1.72. The van der Waals surface area contributed by atoms with Gasteiger partial charge >= 0.3 is 5.97 Å². The number of ether oxygens (including phenoxy) is 1. The van der Waals surface area contributed by atoms with E-state index in [0.29, 0.717) is 5.56 Å². The lowest BCUT2D eigenvalue weighted by Gasteiger charge is -2.10. The third-order valence-electron chi connectivity index (χ3n) is 1.92. The lowest BCUT2D eigenvalue weighted by atomic mass is 10.1. The molecule has 0 aliphatic carbocycles. The predicted molar refractivity (Wildman–Crippen MR) is 63.4 cm³/mol. The molecule has 1 N–H and O–H groups in total. The van der Waals surface area contributed by atoms with Gasteiger partial charge in [0.2, 0.25) is 0 Å². The molecular formula is C10H10Br2O3. The molecule has 0 heterocycles. The highest BCUT2D eigenvalue weighted by molar-refractivity contribution is 9.13. The van der Waals surface area contributed by atoms with Crippen LogP contribution in [0.5, 0.6) is 0 Å². The number of rotatable bonds is 3. The van der Waals surface area contributed by atoms with E-state index in [1.165, 1.54) is 7.11 Å². The Labute approximate surface area is 105 Å². The Morgan fingerprint density at radius 3 is 2.67 bits per heavy atom. The summed E-state index contributed by atoms with van der Waals surface area (Å²) in [5, 5.41) is 9.70. The second-order valence-electron chi connectivity index (χ2n) is 2.97. The summed E-state index contributed by atoms with van der Waals surface area (Å²) in [6.07, 6.45) is -0.869. The average Bonchev–Trinajstić information content (AvgIpc) is 2.21. The lowest BCUT2D eigenvalue weighted by Crippen LogP contribution is -2.07. The van der Waals surface area contributed by atoms with Gasteiger partial charge in [0.1, 0.15) is 0 Å². The summed E-state index contributed by atoms with van der Waals surface area (Å²) < 4.78 is 6.21. The number of aliphatic hydroxyl groups is 1. The molecule has 1 atom stereocenters. The van der Waals surface area contributed by atoms with Crippen molar-refractivity contribution in [1.29, 1.82) is 0 Å². The predicted octanol–water partition coefficient (Wildman–Crippen LogP) is 2.81. The molecule has 5 heteroatoms. The second kappa shape index (κ2) is 5.63. The van der Waals surface area contributed by atoms with Crippen LogP contribution in [0.1, 0.15) is 18.1 Å². The number of methoxy groups -OCH3 is 1. The minimum Gasteiger partial charge on any atom is -0.469 e. The zero-order valence-corrected chi connectivity index (χ0v) is 11.2. The molecule has 0 aliphatic heterocycles. The maximum atomic E-state index is 10.9. The van der Waals surface area contributed by atoms with Crippen LogP contribution >= 0.6 is 31.9 Å². The fourth-order valence-electron chi connectivity index (χ4n) is 1.08. The molecule has 82 valence electrons. The van der Waals surface area contributed by atoms with Crippen molar-refractivity contribution >= 4 is 37.8 Å². The first-order chi connectivity index (χ1) is 7.04. The van der Waals surface area contributed by atoms with Gasteiger partial charge in [-0.1, -0.05) is 6.07 Å². The summed E-state index contributed by atoms with van der Waals surface area (Å²) in [5.74, 6) is -0.429. The number of benzene rings is 1. The first-order valence-electron chi connectivity index (χ1n) is 4.24. The molecule has 0 aliphatic rings. The van der Waals surface area contributed by atoms with Crippen LogP contribution in [0.4, 0.5) is 0 Å². The topological polar surface area (TPSA) is 46.5 Å². The number of hydrogen-bond acceptors (Lipinski definition) is 3. The van der Waals surface area contributed by atoms with Gasteiger partial charge in [0.15, 0.2) is 0 Å². The van der Waals surface area contributed by atoms with E-state index < -0.39 is 12.1 Å². The van der Waals surface area contributed by atoms with Crippen LogP contribution in [0.3, 0.4) is 0 Å². The number of aliphatic hydroxyl groups excluding tert-OH is 1. The maximum absolute atomic E-state index is 10.9. The van der Waals surface area contributed by atoms with Gasteiger partial charge in [0.05, 0.1) is 19.6 Å². The molecule has 0 radical (unpaired) electrons. The molecule has 0 saturated heterocycles. The SMILES string of the molecule is COC(=O)CC(O)c1ccc(Br)c(Br)c1. The van der Waals surface area contributed by atoms with Gasteiger partial charge in [-0.3, -0.25) is 4.79 Å². The Morgan fingerprint density at radius 1 is 1.47 bits per heavy atom. The van der Waals surface area contributed by atoms with Gasteiger partial charge in [0.25, 0.3) is 0 Å². The minimum atomic E-state index is -0.832. The van der Waals surface area contributed by atoms with Crippen molar-refractivity contribution in [1.82, 2.24) is 0 Å². The lowest BCUT2D eigenvalue weighted by molar-refractivity contribution is -0.142. The van der Waals surface area contributed by atoms with Crippen molar-refractivity contribution in [2.75, 3.05) is 7.11 Å². The molecule has 1 aromatic carbocycles. The van der Waals surface area contributed by atoms with Crippen molar-refractivity contribution in [2.45, 2.75) is 12.5 Å². The summed E-state index contributed by atoms with van der Waals surface area (Å²) in [4.78, 5) is 10.9. The molecule has 0 amide bonds. The van der Waals surface area contributed by atoms with Crippen LogP contribution in [-0.4, -0.2) is 18.2 Å². The van der Waals surface area contributed by atoms with E-state index in [9.17, 15) is 9.90 Å². The molecule has 3 nitrogen and oxygen atoms in total. The van der Waals surface area contributed by atoms with Gasteiger partial charge in [-0.05, 0) is 49.6 Å². The third-order valence-corrected chi connectivity index (χ3v) is 3.80. The number of halogens is 2. The standard InChI is InChI=1S/C10H10Br2O3/c1-15-10(14)5-9(13)6-2-3-7(11)8(12)4-6/h2-4,9,13H,5H2,1H3. The normalized spacial score (nSPS) is 12.3. The molecule has 0 fully saturated rings. The molecule has 1 aromatic rings. The molecule has 0 aromatic heterocycles. The van der Waals surface area contributed by atoms with E-state index in [1.54, 1.807) is 18.2 Å². The molecule has 15 heavy (non-hydrogen) atoms. The highest BCUT2D eigenvalue weighted by Crippen LogP contribution is 2.27. The van der Waals surface area contributed by atoms with Crippen LogP contribution in [0, 0.1) is 0 Å². The monoisotopic (exact) mass is 336 g/mol. The van der Waals surface area contributed by atoms with Crippen LogP contribution < -0.4 is 0 Å². The first kappa shape index (κ1) is 12.7.